The van der Waals surface area contributed by atoms with Gasteiger partial charge < -0.3 is 10.2 Å². The van der Waals surface area contributed by atoms with Gasteiger partial charge in [-0.15, -0.1) is 0 Å². The highest BCUT2D eigenvalue weighted by molar-refractivity contribution is 7.92. The maximum Gasteiger partial charge on any atom is 0.264 e. The van der Waals surface area contributed by atoms with Crippen molar-refractivity contribution in [3.8, 4) is 0 Å². The van der Waals surface area contributed by atoms with Crippen LogP contribution in [0.15, 0.2) is 71.6 Å². The minimum atomic E-state index is -4.18. The van der Waals surface area contributed by atoms with Crippen molar-refractivity contribution in [2.75, 3.05) is 10.8 Å². The van der Waals surface area contributed by atoms with E-state index in [1.165, 1.54) is 17.0 Å². The molecular formula is C29H33Cl2N3O4S. The Morgan fingerprint density at radius 1 is 0.923 bits per heavy atom. The van der Waals surface area contributed by atoms with Crippen molar-refractivity contribution >= 4 is 50.7 Å². The fourth-order valence-electron chi connectivity index (χ4n) is 4.04. The lowest BCUT2D eigenvalue weighted by Gasteiger charge is -2.33. The molecule has 0 bridgehead atoms. The second kappa shape index (κ2) is 12.9. The van der Waals surface area contributed by atoms with Gasteiger partial charge in [-0.2, -0.15) is 0 Å². The Kier molecular flexibility index (Phi) is 10.0. The van der Waals surface area contributed by atoms with E-state index in [9.17, 15) is 18.0 Å². The molecular weight excluding hydrogens is 557 g/mol. The van der Waals surface area contributed by atoms with Crippen molar-refractivity contribution in [2.24, 2.45) is 0 Å². The van der Waals surface area contributed by atoms with Gasteiger partial charge in [0.15, 0.2) is 0 Å². The Bertz CT molecular complexity index is 1440. The van der Waals surface area contributed by atoms with Crippen LogP contribution in [0.2, 0.25) is 10.0 Å². The van der Waals surface area contributed by atoms with Crippen LogP contribution in [0.25, 0.3) is 0 Å². The lowest BCUT2D eigenvalue weighted by Crippen LogP contribution is -2.52. The molecule has 1 atom stereocenters. The van der Waals surface area contributed by atoms with Crippen molar-refractivity contribution in [3.05, 3.63) is 93.5 Å². The van der Waals surface area contributed by atoms with Gasteiger partial charge >= 0.3 is 0 Å². The largest absolute Gasteiger partial charge is 0.352 e. The number of anilines is 1. The lowest BCUT2D eigenvalue weighted by molar-refractivity contribution is -0.139. The molecule has 3 aromatic rings. The Morgan fingerprint density at radius 2 is 1.56 bits per heavy atom. The highest BCUT2D eigenvalue weighted by Gasteiger charge is 2.33. The lowest BCUT2D eigenvalue weighted by atomic mass is 10.1. The zero-order valence-corrected chi connectivity index (χ0v) is 24.9. The Hall–Kier alpha value is -3.07. The van der Waals surface area contributed by atoms with Crippen LogP contribution in [0, 0.1) is 13.8 Å². The molecule has 1 N–H and O–H groups in total. The molecule has 208 valence electrons. The molecule has 0 aliphatic carbocycles. The minimum absolute atomic E-state index is 0.0345. The van der Waals surface area contributed by atoms with Gasteiger partial charge in [0.2, 0.25) is 11.8 Å². The summed E-state index contributed by atoms with van der Waals surface area (Å²) >= 11 is 12.5. The first kappa shape index (κ1) is 30.5. The number of amides is 2. The molecule has 39 heavy (non-hydrogen) atoms. The quantitative estimate of drug-likeness (QED) is 0.326. The molecule has 0 aromatic heterocycles. The number of nitrogens with one attached hydrogen (secondary N) is 1. The summed E-state index contributed by atoms with van der Waals surface area (Å²) in [6.07, 6.45) is 0. The first-order valence-electron chi connectivity index (χ1n) is 12.5. The molecule has 0 saturated heterocycles. The summed E-state index contributed by atoms with van der Waals surface area (Å²) in [5, 5.41) is 3.68. The fourth-order valence-corrected chi connectivity index (χ4v) is 5.89. The monoisotopic (exact) mass is 589 g/mol. The van der Waals surface area contributed by atoms with Gasteiger partial charge in [-0.3, -0.25) is 13.9 Å². The van der Waals surface area contributed by atoms with E-state index in [-0.39, 0.29) is 29.1 Å². The van der Waals surface area contributed by atoms with Crippen LogP contribution in [0.4, 0.5) is 5.69 Å². The van der Waals surface area contributed by atoms with Crippen LogP contribution < -0.4 is 9.62 Å². The molecule has 7 nitrogen and oxygen atoms in total. The summed E-state index contributed by atoms with van der Waals surface area (Å²) < 4.78 is 28.9. The number of carbonyl (C=O) groups is 2. The molecule has 0 heterocycles. The third-order valence-corrected chi connectivity index (χ3v) is 8.65. The molecule has 0 aliphatic rings. The standard InChI is InChI=1S/C29H33Cl2N3O4S/c1-19(2)32-29(36)22(5)33(17-23-8-6-9-24(30)16-23)28(35)18-34(27-11-7-10-26(31)21(27)4)39(37,38)25-14-12-20(3)13-15-25/h6-16,19,22H,17-18H2,1-5H3,(H,32,36)/t22-/m1/s1. The summed E-state index contributed by atoms with van der Waals surface area (Å²) in [7, 11) is -4.18. The van der Waals surface area contributed by atoms with E-state index in [4.69, 9.17) is 23.2 Å². The molecule has 0 spiro atoms. The zero-order chi connectivity index (χ0) is 28.9. The topological polar surface area (TPSA) is 86.8 Å². The molecule has 0 fully saturated rings. The molecule has 0 aliphatic heterocycles. The van der Waals surface area contributed by atoms with E-state index in [1.807, 2.05) is 20.8 Å². The number of hydrogen-bond acceptors (Lipinski definition) is 4. The van der Waals surface area contributed by atoms with Gasteiger partial charge in [0, 0.05) is 22.6 Å². The van der Waals surface area contributed by atoms with Crippen molar-refractivity contribution in [2.45, 2.75) is 58.1 Å². The number of benzene rings is 3. The normalized spacial score (nSPS) is 12.2. The first-order chi connectivity index (χ1) is 18.3. The van der Waals surface area contributed by atoms with Crippen LogP contribution >= 0.6 is 23.2 Å². The number of sulfonamides is 1. The smallest absolute Gasteiger partial charge is 0.264 e. The van der Waals surface area contributed by atoms with Crippen molar-refractivity contribution < 1.29 is 18.0 Å². The van der Waals surface area contributed by atoms with Gasteiger partial charge in [0.25, 0.3) is 10.0 Å². The highest BCUT2D eigenvalue weighted by Crippen LogP contribution is 2.31. The summed E-state index contributed by atoms with van der Waals surface area (Å²) in [5.74, 6) is -0.913. The fraction of sp³-hybridized carbons (Fsp3) is 0.310. The van der Waals surface area contributed by atoms with Crippen LogP contribution in [0.3, 0.4) is 0 Å². The van der Waals surface area contributed by atoms with E-state index in [2.05, 4.69) is 5.32 Å². The summed E-state index contributed by atoms with van der Waals surface area (Å²) in [5.41, 5.74) is 2.38. The predicted octanol–water partition coefficient (Wildman–Crippen LogP) is 5.75. The van der Waals surface area contributed by atoms with E-state index in [0.717, 1.165) is 9.87 Å². The summed E-state index contributed by atoms with van der Waals surface area (Å²) in [6.45, 7) is 8.33. The van der Waals surface area contributed by atoms with Crippen LogP contribution in [-0.2, 0) is 26.2 Å². The third kappa shape index (κ3) is 7.53. The summed E-state index contributed by atoms with van der Waals surface area (Å²) in [4.78, 5) is 28.3. The van der Waals surface area contributed by atoms with Crippen molar-refractivity contribution in [1.82, 2.24) is 10.2 Å². The minimum Gasteiger partial charge on any atom is -0.352 e. The summed E-state index contributed by atoms with van der Waals surface area (Å²) in [6, 6.07) is 17.2. The number of rotatable bonds is 10. The molecule has 2 amide bonds. The first-order valence-corrected chi connectivity index (χ1v) is 14.7. The van der Waals surface area contributed by atoms with Crippen LogP contribution in [0.1, 0.15) is 37.5 Å². The maximum atomic E-state index is 14.0. The molecule has 0 radical (unpaired) electrons. The average Bonchev–Trinajstić information content (AvgIpc) is 2.87. The molecule has 0 unspecified atom stereocenters. The molecule has 10 heteroatoms. The number of nitrogens with zero attached hydrogens (tertiary/aromatic N) is 2. The van der Waals surface area contributed by atoms with Crippen LogP contribution in [0.5, 0.6) is 0 Å². The third-order valence-electron chi connectivity index (χ3n) is 6.24. The Morgan fingerprint density at radius 3 is 2.18 bits per heavy atom. The second-order valence-electron chi connectivity index (χ2n) is 9.70. The van der Waals surface area contributed by atoms with Gasteiger partial charge in [-0.25, -0.2) is 8.42 Å². The SMILES string of the molecule is Cc1ccc(S(=O)(=O)N(CC(=O)N(Cc2cccc(Cl)c2)[C@H](C)C(=O)NC(C)C)c2cccc(Cl)c2C)cc1. The van der Waals surface area contributed by atoms with Gasteiger partial charge in [-0.05, 0) is 82.1 Å². The van der Waals surface area contributed by atoms with Crippen LogP contribution in [-0.4, -0.2) is 43.8 Å². The van der Waals surface area contributed by atoms with Crippen molar-refractivity contribution in [1.29, 1.82) is 0 Å². The number of hydrogen-bond donors (Lipinski definition) is 1. The molecule has 0 saturated carbocycles. The molecule has 3 aromatic carbocycles. The van der Waals surface area contributed by atoms with E-state index < -0.39 is 28.5 Å². The predicted molar refractivity (Wildman–Crippen MR) is 157 cm³/mol. The Labute approximate surface area is 240 Å². The number of aryl methyl sites for hydroxylation is 1. The van der Waals surface area contributed by atoms with Gasteiger partial charge in [-0.1, -0.05) is 59.1 Å². The van der Waals surface area contributed by atoms with E-state index >= 15 is 0 Å². The Balaban J connectivity index is 2.08. The zero-order valence-electron chi connectivity index (χ0n) is 22.6. The molecule has 3 rings (SSSR count). The second-order valence-corrected chi connectivity index (χ2v) is 12.4. The average molecular weight is 591 g/mol. The number of carbonyl (C=O) groups excluding carboxylic acids is 2. The van der Waals surface area contributed by atoms with E-state index in [0.29, 0.717) is 21.2 Å². The number of halogens is 2. The highest BCUT2D eigenvalue weighted by atomic mass is 35.5. The van der Waals surface area contributed by atoms with Gasteiger partial charge in [0.1, 0.15) is 12.6 Å². The van der Waals surface area contributed by atoms with Crippen molar-refractivity contribution in [3.63, 3.8) is 0 Å². The maximum absolute atomic E-state index is 14.0. The van der Waals surface area contributed by atoms with Gasteiger partial charge in [0.05, 0.1) is 10.6 Å². The van der Waals surface area contributed by atoms with E-state index in [1.54, 1.807) is 68.4 Å².